The lowest BCUT2D eigenvalue weighted by molar-refractivity contribution is 0.0276. The van der Waals surface area contributed by atoms with Gasteiger partial charge in [-0.2, -0.15) is 0 Å². The molecular weight excluding hydrogens is 178 g/mol. The molecule has 0 amide bonds. The third-order valence-electron chi connectivity index (χ3n) is 2.61. The maximum Gasteiger partial charge on any atom is 0.115 e. The van der Waals surface area contributed by atoms with E-state index in [-0.39, 0.29) is 11.8 Å². The summed E-state index contributed by atoms with van der Waals surface area (Å²) in [5, 5.41) is 19.2. The first-order valence-electron chi connectivity index (χ1n) is 4.76. The fraction of sp³-hybridized carbons (Fsp3) is 0.455. The van der Waals surface area contributed by atoms with Crippen molar-refractivity contribution in [2.75, 3.05) is 0 Å². The van der Waals surface area contributed by atoms with Gasteiger partial charge in [-0.1, -0.05) is 19.1 Å². The van der Waals surface area contributed by atoms with Gasteiger partial charge in [0.05, 0.1) is 0 Å². The minimum atomic E-state index is -1.04. The fourth-order valence-electron chi connectivity index (χ4n) is 1.41. The number of phenols is 1. The lowest BCUT2D eigenvalue weighted by atomic mass is 9.87. The number of benzene rings is 1. The molecule has 0 bridgehead atoms. The molecule has 78 valence electrons. The van der Waals surface area contributed by atoms with E-state index in [9.17, 15) is 5.11 Å². The maximum atomic E-state index is 10.1. The van der Waals surface area contributed by atoms with Crippen LogP contribution in [0.15, 0.2) is 24.3 Å². The zero-order valence-electron chi connectivity index (χ0n) is 8.57. The molecule has 1 rings (SSSR count). The highest BCUT2D eigenvalue weighted by atomic mass is 16.3. The van der Waals surface area contributed by atoms with Gasteiger partial charge in [-0.15, -0.1) is 0 Å². The Bertz CT molecular complexity index is 293. The van der Waals surface area contributed by atoms with Crippen LogP contribution in [0.25, 0.3) is 0 Å². The summed E-state index contributed by atoms with van der Waals surface area (Å²) in [7, 11) is 0. The van der Waals surface area contributed by atoms with Crippen molar-refractivity contribution in [2.24, 2.45) is 5.73 Å². The summed E-state index contributed by atoms with van der Waals surface area (Å²) in [5.74, 6) is 0.189. The van der Waals surface area contributed by atoms with Crippen LogP contribution in [0.5, 0.6) is 5.75 Å². The molecule has 3 nitrogen and oxygen atoms in total. The van der Waals surface area contributed by atoms with Crippen LogP contribution >= 0.6 is 0 Å². The molecule has 14 heavy (non-hydrogen) atoms. The van der Waals surface area contributed by atoms with Gasteiger partial charge < -0.3 is 15.9 Å². The van der Waals surface area contributed by atoms with Gasteiger partial charge in [0.15, 0.2) is 0 Å². The minimum absolute atomic E-state index is 0.189. The predicted molar refractivity (Wildman–Crippen MR) is 55.9 cm³/mol. The third kappa shape index (κ3) is 2.05. The monoisotopic (exact) mass is 195 g/mol. The average Bonchev–Trinajstić information content (AvgIpc) is 2.17. The highest BCUT2D eigenvalue weighted by molar-refractivity contribution is 5.30. The summed E-state index contributed by atoms with van der Waals surface area (Å²) in [4.78, 5) is 0. The van der Waals surface area contributed by atoms with E-state index in [0.29, 0.717) is 6.42 Å². The van der Waals surface area contributed by atoms with Gasteiger partial charge in [-0.05, 0) is 31.0 Å². The Morgan fingerprint density at radius 2 is 1.86 bits per heavy atom. The topological polar surface area (TPSA) is 66.5 Å². The summed E-state index contributed by atoms with van der Waals surface area (Å²) >= 11 is 0. The molecule has 0 fully saturated rings. The lowest BCUT2D eigenvalue weighted by Crippen LogP contribution is -2.42. The van der Waals surface area contributed by atoms with E-state index in [1.54, 1.807) is 31.2 Å². The molecule has 1 aromatic rings. The molecule has 4 N–H and O–H groups in total. The van der Waals surface area contributed by atoms with Crippen LogP contribution in [0.1, 0.15) is 25.8 Å². The second-order valence-corrected chi connectivity index (χ2v) is 3.71. The van der Waals surface area contributed by atoms with E-state index >= 15 is 0 Å². The Morgan fingerprint density at radius 1 is 1.36 bits per heavy atom. The van der Waals surface area contributed by atoms with Crippen molar-refractivity contribution in [2.45, 2.75) is 31.9 Å². The summed E-state index contributed by atoms with van der Waals surface area (Å²) in [6.45, 7) is 3.62. The van der Waals surface area contributed by atoms with Gasteiger partial charge in [0.1, 0.15) is 11.4 Å². The van der Waals surface area contributed by atoms with Crippen molar-refractivity contribution < 1.29 is 10.2 Å². The fourth-order valence-corrected chi connectivity index (χ4v) is 1.41. The first kappa shape index (κ1) is 11.0. The molecule has 0 spiro atoms. The summed E-state index contributed by atoms with van der Waals surface area (Å²) in [6, 6.07) is 6.17. The maximum absolute atomic E-state index is 10.1. The Kier molecular flexibility index (Phi) is 3.13. The van der Waals surface area contributed by atoms with Crippen LogP contribution in [-0.2, 0) is 5.60 Å². The lowest BCUT2D eigenvalue weighted by Gasteiger charge is -2.29. The van der Waals surface area contributed by atoms with Crippen molar-refractivity contribution >= 4 is 0 Å². The van der Waals surface area contributed by atoms with Crippen LogP contribution in [0.2, 0.25) is 0 Å². The van der Waals surface area contributed by atoms with E-state index in [0.717, 1.165) is 5.56 Å². The molecule has 0 aliphatic carbocycles. The second-order valence-electron chi connectivity index (χ2n) is 3.71. The molecule has 1 aromatic carbocycles. The quantitative estimate of drug-likeness (QED) is 0.681. The van der Waals surface area contributed by atoms with Crippen LogP contribution < -0.4 is 5.73 Å². The number of phenolic OH excluding ortho intramolecular Hbond substituents is 1. The average molecular weight is 195 g/mol. The van der Waals surface area contributed by atoms with Crippen molar-refractivity contribution in [1.29, 1.82) is 0 Å². The molecule has 0 aliphatic rings. The number of rotatable bonds is 3. The summed E-state index contributed by atoms with van der Waals surface area (Å²) < 4.78 is 0. The Hall–Kier alpha value is -1.06. The molecule has 2 unspecified atom stereocenters. The number of hydrogen-bond donors (Lipinski definition) is 3. The number of aliphatic hydroxyl groups is 1. The highest BCUT2D eigenvalue weighted by Crippen LogP contribution is 2.26. The van der Waals surface area contributed by atoms with E-state index in [2.05, 4.69) is 0 Å². The molecule has 0 saturated carbocycles. The first-order chi connectivity index (χ1) is 6.48. The minimum Gasteiger partial charge on any atom is -0.508 e. The molecule has 0 aliphatic heterocycles. The van der Waals surface area contributed by atoms with Gasteiger partial charge in [0.2, 0.25) is 0 Å². The molecule has 2 atom stereocenters. The number of aromatic hydroxyl groups is 1. The Labute approximate surface area is 84.2 Å². The third-order valence-corrected chi connectivity index (χ3v) is 2.61. The van der Waals surface area contributed by atoms with E-state index in [1.165, 1.54) is 0 Å². The van der Waals surface area contributed by atoms with E-state index in [4.69, 9.17) is 10.8 Å². The standard InChI is InChI=1S/C11H17NO2/c1-3-10(12)11(2,14)8-4-6-9(13)7-5-8/h4-7,10,13-14H,3,12H2,1-2H3. The SMILES string of the molecule is CCC(N)C(C)(O)c1ccc(O)cc1. The van der Waals surface area contributed by atoms with Gasteiger partial charge in [0, 0.05) is 6.04 Å². The Balaban J connectivity index is 2.97. The zero-order chi connectivity index (χ0) is 10.8. The van der Waals surface area contributed by atoms with Crippen molar-refractivity contribution in [3.8, 4) is 5.75 Å². The molecule has 0 heterocycles. The number of nitrogens with two attached hydrogens (primary N) is 1. The van der Waals surface area contributed by atoms with Gasteiger partial charge in [-0.25, -0.2) is 0 Å². The molecule has 0 aromatic heterocycles. The Morgan fingerprint density at radius 3 is 2.29 bits per heavy atom. The van der Waals surface area contributed by atoms with Crippen molar-refractivity contribution in [1.82, 2.24) is 0 Å². The zero-order valence-corrected chi connectivity index (χ0v) is 8.57. The van der Waals surface area contributed by atoms with E-state index < -0.39 is 5.60 Å². The number of hydrogen-bond acceptors (Lipinski definition) is 3. The molecule has 0 radical (unpaired) electrons. The summed E-state index contributed by atoms with van der Waals surface area (Å²) in [6.07, 6.45) is 0.702. The van der Waals surface area contributed by atoms with Crippen LogP contribution in [0, 0.1) is 0 Å². The van der Waals surface area contributed by atoms with Crippen LogP contribution in [0.3, 0.4) is 0 Å². The molecular formula is C11H17NO2. The summed E-state index contributed by atoms with van der Waals surface area (Å²) in [5.41, 5.74) is 5.50. The highest BCUT2D eigenvalue weighted by Gasteiger charge is 2.29. The van der Waals surface area contributed by atoms with Crippen LogP contribution in [0.4, 0.5) is 0 Å². The van der Waals surface area contributed by atoms with Crippen LogP contribution in [-0.4, -0.2) is 16.3 Å². The first-order valence-corrected chi connectivity index (χ1v) is 4.76. The van der Waals surface area contributed by atoms with Gasteiger partial charge in [-0.3, -0.25) is 0 Å². The second kappa shape index (κ2) is 3.98. The predicted octanol–water partition coefficient (Wildman–Crippen LogP) is 1.34. The normalized spacial score (nSPS) is 17.4. The molecule has 3 heteroatoms. The van der Waals surface area contributed by atoms with Crippen molar-refractivity contribution in [3.63, 3.8) is 0 Å². The van der Waals surface area contributed by atoms with Gasteiger partial charge >= 0.3 is 0 Å². The van der Waals surface area contributed by atoms with Gasteiger partial charge in [0.25, 0.3) is 0 Å². The molecule has 0 saturated heterocycles. The van der Waals surface area contributed by atoms with E-state index in [1.807, 2.05) is 6.92 Å². The largest absolute Gasteiger partial charge is 0.508 e. The smallest absolute Gasteiger partial charge is 0.115 e. The van der Waals surface area contributed by atoms with Crippen molar-refractivity contribution in [3.05, 3.63) is 29.8 Å².